The molecule has 92 valence electrons. The molecule has 16 heavy (non-hydrogen) atoms. The van der Waals surface area contributed by atoms with Crippen LogP contribution >= 0.6 is 23.1 Å². The van der Waals surface area contributed by atoms with Gasteiger partial charge in [-0.05, 0) is 26.8 Å². The number of ether oxygens (including phenoxy) is 1. The van der Waals surface area contributed by atoms with E-state index in [0.717, 1.165) is 18.7 Å². The first kappa shape index (κ1) is 14.0. The zero-order chi connectivity index (χ0) is 11.8. The fourth-order valence-corrected chi connectivity index (χ4v) is 2.86. The molecule has 0 radical (unpaired) electrons. The molecule has 1 aromatic rings. The summed E-state index contributed by atoms with van der Waals surface area (Å²) in [4.78, 5) is 4.23. The molecule has 0 fully saturated rings. The normalized spacial score (nSPS) is 14.9. The van der Waals surface area contributed by atoms with Crippen molar-refractivity contribution in [3.8, 4) is 0 Å². The van der Waals surface area contributed by atoms with Crippen molar-refractivity contribution in [3.63, 3.8) is 0 Å². The minimum absolute atomic E-state index is 0.270. The Hall–Kier alpha value is -0.100. The quantitative estimate of drug-likeness (QED) is 0.575. The number of nitrogens with zero attached hydrogens (tertiary/aromatic N) is 1. The van der Waals surface area contributed by atoms with Gasteiger partial charge in [0.2, 0.25) is 0 Å². The predicted molar refractivity (Wildman–Crippen MR) is 71.4 cm³/mol. The van der Waals surface area contributed by atoms with Crippen molar-refractivity contribution in [1.82, 2.24) is 10.3 Å². The fraction of sp³-hybridized carbons (Fsp3) is 0.727. The van der Waals surface area contributed by atoms with Crippen molar-refractivity contribution >= 4 is 23.1 Å². The standard InChI is InChI=1S/C11H20N2OS2/c1-9(10(2)14-3)12-5-4-7-15-11-13-6-8-16-11/h6,8-10,12H,4-5,7H2,1-3H3. The SMILES string of the molecule is COC(C)C(C)NCCCSc1nccs1. The molecule has 0 aliphatic carbocycles. The Morgan fingerprint density at radius 1 is 1.56 bits per heavy atom. The first-order valence-electron chi connectivity index (χ1n) is 5.52. The molecule has 2 unspecified atom stereocenters. The molecule has 0 bridgehead atoms. The number of methoxy groups -OCH3 is 1. The number of thiazole rings is 1. The summed E-state index contributed by atoms with van der Waals surface area (Å²) in [6.07, 6.45) is 3.28. The van der Waals surface area contributed by atoms with E-state index in [-0.39, 0.29) is 6.10 Å². The van der Waals surface area contributed by atoms with Gasteiger partial charge < -0.3 is 10.1 Å². The number of hydrogen-bond acceptors (Lipinski definition) is 5. The summed E-state index contributed by atoms with van der Waals surface area (Å²) in [5, 5.41) is 5.47. The van der Waals surface area contributed by atoms with Crippen molar-refractivity contribution < 1.29 is 4.74 Å². The summed E-state index contributed by atoms with van der Waals surface area (Å²) in [6, 6.07) is 0.412. The lowest BCUT2D eigenvalue weighted by atomic mass is 10.2. The van der Waals surface area contributed by atoms with Gasteiger partial charge in [0.15, 0.2) is 0 Å². The van der Waals surface area contributed by atoms with Crippen LogP contribution in [0.25, 0.3) is 0 Å². The average Bonchev–Trinajstić information content (AvgIpc) is 2.80. The smallest absolute Gasteiger partial charge is 0.149 e. The summed E-state index contributed by atoms with van der Waals surface area (Å²) in [7, 11) is 1.75. The maximum atomic E-state index is 5.25. The zero-order valence-electron chi connectivity index (χ0n) is 10.1. The van der Waals surface area contributed by atoms with E-state index in [1.807, 2.05) is 23.3 Å². The van der Waals surface area contributed by atoms with Crippen LogP contribution < -0.4 is 5.32 Å². The van der Waals surface area contributed by atoms with E-state index >= 15 is 0 Å². The largest absolute Gasteiger partial charge is 0.380 e. The van der Waals surface area contributed by atoms with Crippen molar-refractivity contribution in [3.05, 3.63) is 11.6 Å². The summed E-state index contributed by atoms with van der Waals surface area (Å²) in [6.45, 7) is 5.28. The van der Waals surface area contributed by atoms with E-state index < -0.39 is 0 Å². The molecule has 1 heterocycles. The van der Waals surface area contributed by atoms with Gasteiger partial charge in [-0.25, -0.2) is 4.98 Å². The molecule has 3 nitrogen and oxygen atoms in total. The van der Waals surface area contributed by atoms with E-state index in [0.29, 0.717) is 6.04 Å². The van der Waals surface area contributed by atoms with Crippen LogP contribution in [-0.4, -0.2) is 36.5 Å². The highest BCUT2D eigenvalue weighted by molar-refractivity contribution is 8.00. The number of hydrogen-bond donors (Lipinski definition) is 1. The minimum atomic E-state index is 0.270. The third kappa shape index (κ3) is 5.30. The molecule has 2 atom stereocenters. The summed E-state index contributed by atoms with van der Waals surface area (Å²) >= 11 is 3.54. The number of aromatic nitrogens is 1. The predicted octanol–water partition coefficient (Wildman–Crippen LogP) is 2.64. The summed E-state index contributed by atoms with van der Waals surface area (Å²) in [5.74, 6) is 1.12. The van der Waals surface area contributed by atoms with E-state index in [1.54, 1.807) is 18.4 Å². The Morgan fingerprint density at radius 2 is 2.38 bits per heavy atom. The Bertz CT molecular complexity index is 267. The molecule has 1 N–H and O–H groups in total. The third-order valence-corrected chi connectivity index (χ3v) is 4.55. The first-order chi connectivity index (χ1) is 7.74. The Kier molecular flexibility index (Phi) is 7.03. The van der Waals surface area contributed by atoms with Crippen LogP contribution in [0, 0.1) is 0 Å². The van der Waals surface area contributed by atoms with Gasteiger partial charge in [0, 0.05) is 30.5 Å². The number of thioether (sulfide) groups is 1. The second kappa shape index (κ2) is 8.06. The van der Waals surface area contributed by atoms with Crippen LogP contribution in [0.1, 0.15) is 20.3 Å². The lowest BCUT2D eigenvalue weighted by Gasteiger charge is -2.19. The number of rotatable bonds is 8. The zero-order valence-corrected chi connectivity index (χ0v) is 11.7. The molecular formula is C11H20N2OS2. The monoisotopic (exact) mass is 260 g/mol. The topological polar surface area (TPSA) is 34.1 Å². The van der Waals surface area contributed by atoms with Gasteiger partial charge in [-0.2, -0.15) is 0 Å². The van der Waals surface area contributed by atoms with E-state index in [9.17, 15) is 0 Å². The van der Waals surface area contributed by atoms with Crippen molar-refractivity contribution in [1.29, 1.82) is 0 Å². The maximum Gasteiger partial charge on any atom is 0.149 e. The molecule has 5 heteroatoms. The Labute approximate surface area is 106 Å². The average molecular weight is 260 g/mol. The lowest BCUT2D eigenvalue weighted by Crippen LogP contribution is -2.37. The highest BCUT2D eigenvalue weighted by Crippen LogP contribution is 2.20. The van der Waals surface area contributed by atoms with Crippen molar-refractivity contribution in [2.45, 2.75) is 36.8 Å². The summed E-state index contributed by atoms with van der Waals surface area (Å²) in [5.41, 5.74) is 0. The Morgan fingerprint density at radius 3 is 3.00 bits per heavy atom. The molecule has 0 saturated carbocycles. The second-order valence-electron chi connectivity index (χ2n) is 3.68. The van der Waals surface area contributed by atoms with Gasteiger partial charge in [-0.15, -0.1) is 11.3 Å². The van der Waals surface area contributed by atoms with E-state index in [4.69, 9.17) is 4.74 Å². The highest BCUT2D eigenvalue weighted by atomic mass is 32.2. The van der Waals surface area contributed by atoms with Crippen LogP contribution in [0.4, 0.5) is 0 Å². The highest BCUT2D eigenvalue weighted by Gasteiger charge is 2.09. The lowest BCUT2D eigenvalue weighted by molar-refractivity contribution is 0.0889. The van der Waals surface area contributed by atoms with Gasteiger partial charge in [0.05, 0.1) is 6.10 Å². The minimum Gasteiger partial charge on any atom is -0.380 e. The van der Waals surface area contributed by atoms with Crippen LogP contribution in [0.5, 0.6) is 0 Å². The van der Waals surface area contributed by atoms with Crippen LogP contribution in [0.2, 0.25) is 0 Å². The number of nitrogens with one attached hydrogen (secondary N) is 1. The van der Waals surface area contributed by atoms with Crippen LogP contribution in [0.3, 0.4) is 0 Å². The van der Waals surface area contributed by atoms with Gasteiger partial charge in [-0.3, -0.25) is 0 Å². The third-order valence-electron chi connectivity index (χ3n) is 2.50. The molecule has 0 saturated heterocycles. The van der Waals surface area contributed by atoms with Gasteiger partial charge in [0.25, 0.3) is 0 Å². The molecule has 0 spiro atoms. The van der Waals surface area contributed by atoms with Crippen molar-refractivity contribution in [2.24, 2.45) is 0 Å². The first-order valence-corrected chi connectivity index (χ1v) is 7.39. The molecule has 0 amide bonds. The van der Waals surface area contributed by atoms with Crippen LogP contribution in [0.15, 0.2) is 15.9 Å². The molecule has 0 aliphatic rings. The maximum absolute atomic E-state index is 5.25. The molecular weight excluding hydrogens is 240 g/mol. The molecule has 1 aromatic heterocycles. The van der Waals surface area contributed by atoms with Crippen molar-refractivity contribution in [2.75, 3.05) is 19.4 Å². The van der Waals surface area contributed by atoms with E-state index in [2.05, 4.69) is 24.1 Å². The second-order valence-corrected chi connectivity index (χ2v) is 5.92. The molecule has 0 aromatic carbocycles. The van der Waals surface area contributed by atoms with Crippen LogP contribution in [-0.2, 0) is 4.74 Å². The summed E-state index contributed by atoms with van der Waals surface area (Å²) < 4.78 is 6.42. The van der Waals surface area contributed by atoms with Gasteiger partial charge >= 0.3 is 0 Å². The van der Waals surface area contributed by atoms with E-state index in [1.165, 1.54) is 4.34 Å². The van der Waals surface area contributed by atoms with Gasteiger partial charge in [-0.1, -0.05) is 11.8 Å². The Balaban J connectivity index is 1.99. The molecule has 0 aliphatic heterocycles. The van der Waals surface area contributed by atoms with Gasteiger partial charge in [0.1, 0.15) is 4.34 Å². The fourth-order valence-electron chi connectivity index (χ4n) is 1.21. The molecule has 1 rings (SSSR count).